The van der Waals surface area contributed by atoms with Crippen LogP contribution in [0.2, 0.25) is 0 Å². The van der Waals surface area contributed by atoms with Gasteiger partial charge < -0.3 is 9.80 Å². The number of anilines is 4. The van der Waals surface area contributed by atoms with Crippen molar-refractivity contribution >= 4 is 51.4 Å². The molecule has 46 heavy (non-hydrogen) atoms. The molecule has 1 saturated carbocycles. The highest BCUT2D eigenvalue weighted by Gasteiger charge is 2.62. The van der Waals surface area contributed by atoms with Crippen LogP contribution in [0.15, 0.2) is 85.0 Å². The van der Waals surface area contributed by atoms with Crippen LogP contribution in [0.3, 0.4) is 0 Å². The summed E-state index contributed by atoms with van der Waals surface area (Å²) in [6.07, 6.45) is 19.6. The van der Waals surface area contributed by atoms with E-state index in [-0.39, 0.29) is 17.7 Å². The summed E-state index contributed by atoms with van der Waals surface area (Å²) < 4.78 is 0. The van der Waals surface area contributed by atoms with E-state index in [1.807, 2.05) is 0 Å². The summed E-state index contributed by atoms with van der Waals surface area (Å²) in [5, 5.41) is 0. The van der Waals surface area contributed by atoms with Crippen LogP contribution in [0.25, 0.3) is 16.7 Å². The van der Waals surface area contributed by atoms with Crippen molar-refractivity contribution in [3.05, 3.63) is 107 Å². The molecule has 228 valence electrons. The molecule has 0 saturated heterocycles. The number of allylic oxidation sites excluding steroid dienone is 4. The van der Waals surface area contributed by atoms with E-state index < -0.39 is 0 Å². The number of benzene rings is 4. The Kier molecular flexibility index (Phi) is 5.63. The molecule has 4 aromatic rings. The molecule has 2 atom stereocenters. The molecule has 6 aliphatic rings. The van der Waals surface area contributed by atoms with Gasteiger partial charge in [0.2, 0.25) is 0 Å². The fourth-order valence-electron chi connectivity index (χ4n) is 10.8. The topological polar surface area (TPSA) is 6.48 Å². The second kappa shape index (κ2) is 9.53. The van der Waals surface area contributed by atoms with Crippen LogP contribution in [0.1, 0.15) is 87.5 Å². The lowest BCUT2D eigenvalue weighted by Gasteiger charge is -2.52. The number of aryl methyl sites for hydroxylation is 1. The molecule has 0 radical (unpaired) electrons. The molecule has 0 bridgehead atoms. The average Bonchev–Trinajstić information content (AvgIpc) is 3.33. The van der Waals surface area contributed by atoms with Crippen molar-refractivity contribution in [3.63, 3.8) is 0 Å². The number of hydrogen-bond acceptors (Lipinski definition) is 2. The molecule has 10 rings (SSSR count). The molecule has 1 fully saturated rings. The zero-order valence-corrected chi connectivity index (χ0v) is 27.6. The van der Waals surface area contributed by atoms with Gasteiger partial charge in [0.25, 0.3) is 6.71 Å². The quantitative estimate of drug-likeness (QED) is 0.213. The zero-order chi connectivity index (χ0) is 30.8. The second-order valence-corrected chi connectivity index (χ2v) is 15.4. The molecule has 0 N–H and O–H groups in total. The first-order valence-electron chi connectivity index (χ1n) is 18.0. The van der Waals surface area contributed by atoms with Gasteiger partial charge in [-0.1, -0.05) is 80.5 Å². The summed E-state index contributed by atoms with van der Waals surface area (Å²) in [7, 11) is 2.30. The minimum Gasteiger partial charge on any atom is -0.345 e. The van der Waals surface area contributed by atoms with E-state index >= 15 is 0 Å². The van der Waals surface area contributed by atoms with Gasteiger partial charge in [-0.25, -0.2) is 0 Å². The standard InChI is InChI=1S/C43H43BN2/c1-42-22-11-12-23-43(42,2)46-38-27-32(30-18-13-17-29(24-30)28-14-5-4-6-15-28)26-37-40(38)44(34-20-9-10-21-36(34)45(37)3)35-25-31-16-7-8-19-33(31)39(42)41(35)46/h5,9-10,13-15,17-18,20-21,24-27H,4,6-8,11-12,16,19,22-23H2,1-3H3. The summed E-state index contributed by atoms with van der Waals surface area (Å²) in [5.74, 6) is 0. The van der Waals surface area contributed by atoms with Crippen LogP contribution in [0.5, 0.6) is 0 Å². The first-order valence-corrected chi connectivity index (χ1v) is 18.0. The first kappa shape index (κ1) is 27.2. The largest absolute Gasteiger partial charge is 0.345 e. The third kappa shape index (κ3) is 3.39. The summed E-state index contributed by atoms with van der Waals surface area (Å²) in [5.41, 5.74) is 20.9. The average molecular weight is 599 g/mol. The molecule has 2 unspecified atom stereocenters. The van der Waals surface area contributed by atoms with Crippen LogP contribution >= 0.6 is 0 Å². The number of hydrogen-bond donors (Lipinski definition) is 0. The van der Waals surface area contributed by atoms with Gasteiger partial charge in [0.1, 0.15) is 0 Å². The first-order chi connectivity index (χ1) is 22.5. The van der Waals surface area contributed by atoms with E-state index in [0.29, 0.717) is 0 Å². The Morgan fingerprint density at radius 3 is 2.43 bits per heavy atom. The van der Waals surface area contributed by atoms with Crippen LogP contribution in [0.4, 0.5) is 22.7 Å². The van der Waals surface area contributed by atoms with Crippen LogP contribution in [-0.4, -0.2) is 19.3 Å². The maximum atomic E-state index is 2.92. The van der Waals surface area contributed by atoms with E-state index in [0.717, 1.165) is 12.8 Å². The SMILES string of the molecule is CN1c2ccccc2B2c3cc4c(c5c3N(c3cc(-c6cccc(C7=CCCC=C7)c6)cc1c32)C1(C)CCCCC51C)CCCC4. The molecule has 2 nitrogen and oxygen atoms in total. The molecule has 0 aromatic heterocycles. The fraction of sp³-hybridized carbons (Fsp3) is 0.349. The maximum Gasteiger partial charge on any atom is 0.252 e. The summed E-state index contributed by atoms with van der Waals surface area (Å²) in [4.78, 5) is 5.41. The number of fused-ring (bicyclic) bond motifs is 9. The fourth-order valence-corrected chi connectivity index (χ4v) is 10.8. The van der Waals surface area contributed by atoms with Crippen molar-refractivity contribution in [2.45, 2.75) is 89.0 Å². The van der Waals surface area contributed by atoms with E-state index in [9.17, 15) is 0 Å². The van der Waals surface area contributed by atoms with E-state index in [4.69, 9.17) is 0 Å². The third-order valence-corrected chi connectivity index (χ3v) is 13.2. The Labute approximate surface area is 274 Å². The summed E-state index contributed by atoms with van der Waals surface area (Å²) in [6.45, 7) is 5.55. The normalized spacial score (nSPS) is 24.9. The Balaban J connectivity index is 1.29. The Bertz CT molecular complexity index is 2030. The number of para-hydroxylation sites is 1. The number of nitrogens with zero attached hydrogens (tertiary/aromatic N) is 2. The molecule has 3 aliphatic heterocycles. The lowest BCUT2D eigenvalue weighted by molar-refractivity contribution is 0.194. The maximum absolute atomic E-state index is 2.92. The summed E-state index contributed by atoms with van der Waals surface area (Å²) in [6, 6.07) is 26.3. The molecular formula is C43H43BN2. The molecule has 0 amide bonds. The second-order valence-electron chi connectivity index (χ2n) is 15.4. The van der Waals surface area contributed by atoms with Crippen molar-refractivity contribution < 1.29 is 0 Å². The van der Waals surface area contributed by atoms with E-state index in [2.05, 4.69) is 116 Å². The molecule has 0 spiro atoms. The molecule has 3 aliphatic carbocycles. The van der Waals surface area contributed by atoms with Gasteiger partial charge in [0.15, 0.2) is 0 Å². The zero-order valence-electron chi connectivity index (χ0n) is 27.6. The van der Waals surface area contributed by atoms with Crippen LogP contribution in [-0.2, 0) is 18.3 Å². The van der Waals surface area contributed by atoms with Gasteiger partial charge in [0.05, 0.1) is 5.54 Å². The lowest BCUT2D eigenvalue weighted by Crippen LogP contribution is -2.64. The smallest absolute Gasteiger partial charge is 0.252 e. The number of rotatable bonds is 2. The third-order valence-electron chi connectivity index (χ3n) is 13.2. The highest BCUT2D eigenvalue weighted by atomic mass is 15.3. The minimum absolute atomic E-state index is 0.0569. The highest BCUT2D eigenvalue weighted by molar-refractivity contribution is 7.00. The Morgan fingerprint density at radius 2 is 1.54 bits per heavy atom. The molecule has 3 heteroatoms. The lowest BCUT2D eigenvalue weighted by atomic mass is 9.33. The van der Waals surface area contributed by atoms with Crippen molar-refractivity contribution in [3.8, 4) is 11.1 Å². The van der Waals surface area contributed by atoms with Gasteiger partial charge in [-0.15, -0.1) is 0 Å². The van der Waals surface area contributed by atoms with Crippen LogP contribution < -0.4 is 26.2 Å². The predicted octanol–water partition coefficient (Wildman–Crippen LogP) is 8.62. The summed E-state index contributed by atoms with van der Waals surface area (Å²) >= 11 is 0. The van der Waals surface area contributed by atoms with Crippen LogP contribution in [0, 0.1) is 0 Å². The molecular weight excluding hydrogens is 555 g/mol. The monoisotopic (exact) mass is 598 g/mol. The molecule has 3 heterocycles. The van der Waals surface area contributed by atoms with Gasteiger partial charge in [-0.3, -0.25) is 0 Å². The van der Waals surface area contributed by atoms with Crippen molar-refractivity contribution in [1.29, 1.82) is 0 Å². The minimum atomic E-state index is 0.0569. The van der Waals surface area contributed by atoms with Gasteiger partial charge in [-0.05, 0) is 138 Å². The predicted molar refractivity (Wildman–Crippen MR) is 197 cm³/mol. The van der Waals surface area contributed by atoms with Crippen molar-refractivity contribution in [2.24, 2.45) is 0 Å². The van der Waals surface area contributed by atoms with Gasteiger partial charge >= 0.3 is 0 Å². The van der Waals surface area contributed by atoms with Gasteiger partial charge in [0, 0.05) is 35.2 Å². The Morgan fingerprint density at radius 1 is 0.717 bits per heavy atom. The van der Waals surface area contributed by atoms with Gasteiger partial charge in [-0.2, -0.15) is 0 Å². The molecule has 4 aromatic carbocycles. The van der Waals surface area contributed by atoms with Crippen molar-refractivity contribution in [2.75, 3.05) is 16.8 Å². The van der Waals surface area contributed by atoms with Crippen molar-refractivity contribution in [1.82, 2.24) is 0 Å². The van der Waals surface area contributed by atoms with E-state index in [1.165, 1.54) is 102 Å². The highest BCUT2D eigenvalue weighted by Crippen LogP contribution is 2.63. The Hall–Kier alpha value is -3.98. The van der Waals surface area contributed by atoms with E-state index in [1.54, 1.807) is 27.8 Å².